The molecule has 0 bridgehead atoms. The molecule has 0 saturated carbocycles. The molecule has 6 heteroatoms. The van der Waals surface area contributed by atoms with Gasteiger partial charge in [-0.1, -0.05) is 55.1 Å². The number of halogens is 1. The van der Waals surface area contributed by atoms with Gasteiger partial charge >= 0.3 is 5.17 Å². The highest BCUT2D eigenvalue weighted by Gasteiger charge is 2.18. The highest BCUT2D eigenvalue weighted by molar-refractivity contribution is 8.16. The minimum Gasteiger partial charge on any atom is -0.342 e. The first-order chi connectivity index (χ1) is 12.8. The van der Waals surface area contributed by atoms with Crippen molar-refractivity contribution < 1.29 is 4.99 Å². The van der Waals surface area contributed by atoms with Crippen LogP contribution in [-0.4, -0.2) is 23.2 Å². The van der Waals surface area contributed by atoms with Gasteiger partial charge in [-0.05, 0) is 28.4 Å². The summed E-state index contributed by atoms with van der Waals surface area (Å²) in [7, 11) is 3.89. The fraction of sp³-hybridized carbons (Fsp3) is 0.150. The molecule has 1 N–H and O–H groups in total. The Labute approximate surface area is 163 Å². The first-order valence-electron chi connectivity index (χ1n) is 8.01. The van der Waals surface area contributed by atoms with Crippen molar-refractivity contribution in [3.8, 4) is 11.3 Å². The quantitative estimate of drug-likeness (QED) is 0.301. The van der Waals surface area contributed by atoms with Gasteiger partial charge in [-0.15, -0.1) is 11.6 Å². The van der Waals surface area contributed by atoms with Gasteiger partial charge in [0.25, 0.3) is 0 Å². The average molecular weight is 386 g/mol. The summed E-state index contributed by atoms with van der Waals surface area (Å²) in [6.07, 6.45) is 1.47. The number of benzene rings is 2. The third-order valence-corrected chi connectivity index (χ3v) is 4.45. The van der Waals surface area contributed by atoms with Crippen LogP contribution in [0.2, 0.25) is 0 Å². The SMILES string of the molecule is C=CSC(N=Nc1c(-c2ccccc2)n(C)c2ccccc12)=[NH+]C.CCl. The normalized spacial score (nSPS) is 11.5. The summed E-state index contributed by atoms with van der Waals surface area (Å²) in [5, 5.41) is 12.4. The van der Waals surface area contributed by atoms with E-state index in [1.54, 1.807) is 5.41 Å². The third-order valence-electron chi connectivity index (χ3n) is 3.78. The zero-order valence-corrected chi connectivity index (χ0v) is 16.7. The molecule has 4 nitrogen and oxygen atoms in total. The molecule has 0 aliphatic rings. The number of azo groups is 1. The fourth-order valence-electron chi connectivity index (χ4n) is 2.71. The van der Waals surface area contributed by atoms with E-state index < -0.39 is 0 Å². The first-order valence-corrected chi connectivity index (χ1v) is 9.64. The Morgan fingerprint density at radius 3 is 2.42 bits per heavy atom. The van der Waals surface area contributed by atoms with Crippen LogP contribution in [0, 0.1) is 0 Å². The van der Waals surface area contributed by atoms with Gasteiger partial charge in [0, 0.05) is 24.4 Å². The van der Waals surface area contributed by atoms with Crippen molar-refractivity contribution in [2.45, 2.75) is 0 Å². The molecule has 0 saturated heterocycles. The van der Waals surface area contributed by atoms with E-state index in [0.717, 1.165) is 27.8 Å². The van der Waals surface area contributed by atoms with Crippen LogP contribution in [0.3, 0.4) is 0 Å². The number of fused-ring (bicyclic) bond motifs is 1. The van der Waals surface area contributed by atoms with E-state index in [9.17, 15) is 0 Å². The monoisotopic (exact) mass is 385 g/mol. The van der Waals surface area contributed by atoms with Crippen LogP contribution < -0.4 is 4.99 Å². The van der Waals surface area contributed by atoms with E-state index in [0.29, 0.717) is 5.17 Å². The summed E-state index contributed by atoms with van der Waals surface area (Å²) in [6.45, 7) is 3.72. The van der Waals surface area contributed by atoms with Gasteiger partial charge in [0.2, 0.25) is 0 Å². The number of thioether (sulfide) groups is 1. The molecule has 0 unspecified atom stereocenters. The van der Waals surface area contributed by atoms with Crippen molar-refractivity contribution in [2.24, 2.45) is 17.3 Å². The molecule has 0 radical (unpaired) electrons. The number of hydrogen-bond donors (Lipinski definition) is 1. The Morgan fingerprint density at radius 1 is 1.12 bits per heavy atom. The molecule has 3 rings (SSSR count). The smallest absolute Gasteiger partial charge is 0.342 e. The van der Waals surface area contributed by atoms with Crippen molar-refractivity contribution in [1.29, 1.82) is 0 Å². The molecule has 2 aromatic carbocycles. The number of para-hydroxylation sites is 1. The van der Waals surface area contributed by atoms with E-state index in [4.69, 9.17) is 0 Å². The van der Waals surface area contributed by atoms with E-state index >= 15 is 0 Å². The summed E-state index contributed by atoms with van der Waals surface area (Å²) in [4.78, 5) is 3.03. The van der Waals surface area contributed by atoms with Crippen molar-refractivity contribution in [2.75, 3.05) is 13.4 Å². The van der Waals surface area contributed by atoms with Crippen molar-refractivity contribution >= 4 is 45.1 Å². The number of nitrogens with zero attached hydrogens (tertiary/aromatic N) is 3. The predicted molar refractivity (Wildman–Crippen MR) is 114 cm³/mol. The maximum absolute atomic E-state index is 4.64. The highest BCUT2D eigenvalue weighted by Crippen LogP contribution is 2.39. The van der Waals surface area contributed by atoms with E-state index in [1.165, 1.54) is 18.1 Å². The van der Waals surface area contributed by atoms with Crippen LogP contribution in [0.25, 0.3) is 22.2 Å². The van der Waals surface area contributed by atoms with Crippen LogP contribution in [0.4, 0.5) is 5.69 Å². The number of amidine groups is 1. The maximum atomic E-state index is 4.64. The second kappa shape index (κ2) is 9.94. The molecular formula is C20H22ClN4S+. The van der Waals surface area contributed by atoms with Crippen LogP contribution in [0.1, 0.15) is 0 Å². The van der Waals surface area contributed by atoms with Crippen LogP contribution in [0.5, 0.6) is 0 Å². The lowest BCUT2D eigenvalue weighted by molar-refractivity contribution is -0.417. The Balaban J connectivity index is 0.00000117. The Hall–Kier alpha value is -2.37. The third kappa shape index (κ3) is 4.23. The minimum absolute atomic E-state index is 0.706. The van der Waals surface area contributed by atoms with Crippen molar-refractivity contribution in [3.05, 3.63) is 66.6 Å². The second-order valence-electron chi connectivity index (χ2n) is 5.18. The number of aromatic nitrogens is 1. The maximum Gasteiger partial charge on any atom is 0.383 e. The summed E-state index contributed by atoms with van der Waals surface area (Å²) in [5.74, 6) is 0. The number of aryl methyl sites for hydroxylation is 1. The highest BCUT2D eigenvalue weighted by atomic mass is 35.5. The van der Waals surface area contributed by atoms with E-state index in [2.05, 4.69) is 69.3 Å². The molecule has 0 amide bonds. The molecule has 0 aliphatic carbocycles. The van der Waals surface area contributed by atoms with Gasteiger partial charge in [-0.3, -0.25) is 4.99 Å². The lowest BCUT2D eigenvalue weighted by atomic mass is 10.1. The molecule has 0 spiro atoms. The summed E-state index contributed by atoms with van der Waals surface area (Å²) >= 11 is 6.05. The summed E-state index contributed by atoms with van der Waals surface area (Å²) in [5.41, 5.74) is 4.18. The van der Waals surface area contributed by atoms with Crippen LogP contribution in [-0.2, 0) is 7.05 Å². The van der Waals surface area contributed by atoms with Gasteiger partial charge in [0.15, 0.2) is 0 Å². The molecule has 26 heavy (non-hydrogen) atoms. The number of rotatable bonds is 3. The molecule has 0 fully saturated rings. The standard InChI is InChI=1S/C19H18N4S.CH3Cl/c1-4-24-19(20-2)22-21-17-15-12-8-9-13-16(15)23(3)18(17)14-10-6-5-7-11-14;1-2/h4-13H,1H2,2-3H3;1H3/p+1. The molecule has 0 atom stereocenters. The average Bonchev–Trinajstić information content (AvgIpc) is 2.99. The molecule has 0 aliphatic heterocycles. The number of hydrogen-bond acceptors (Lipinski definition) is 2. The molecular weight excluding hydrogens is 364 g/mol. The predicted octanol–water partition coefficient (Wildman–Crippen LogP) is 4.73. The number of alkyl halides is 1. The first kappa shape index (κ1) is 19.9. The fourth-order valence-corrected chi connectivity index (χ4v) is 3.07. The Kier molecular flexibility index (Phi) is 7.63. The van der Waals surface area contributed by atoms with E-state index in [-0.39, 0.29) is 0 Å². The lowest BCUT2D eigenvalue weighted by Gasteiger charge is -2.04. The van der Waals surface area contributed by atoms with Gasteiger partial charge in [-0.25, -0.2) is 0 Å². The molecule has 1 heterocycles. The topological polar surface area (TPSA) is 43.6 Å². The zero-order chi connectivity index (χ0) is 18.9. The van der Waals surface area contributed by atoms with Gasteiger partial charge < -0.3 is 4.57 Å². The van der Waals surface area contributed by atoms with E-state index in [1.807, 2.05) is 37.4 Å². The lowest BCUT2D eigenvalue weighted by Crippen LogP contribution is -2.66. The Bertz CT molecular complexity index is 930. The molecule has 134 valence electrons. The number of nitrogens with one attached hydrogen (secondary N) is 1. The van der Waals surface area contributed by atoms with Crippen molar-refractivity contribution in [3.63, 3.8) is 0 Å². The Morgan fingerprint density at radius 2 is 1.77 bits per heavy atom. The minimum atomic E-state index is 0.706. The summed E-state index contributed by atoms with van der Waals surface area (Å²) in [6, 6.07) is 18.5. The van der Waals surface area contributed by atoms with Gasteiger partial charge in [0.05, 0.1) is 23.4 Å². The largest absolute Gasteiger partial charge is 0.383 e. The second-order valence-corrected chi connectivity index (χ2v) is 6.13. The van der Waals surface area contributed by atoms with Crippen LogP contribution in [0.15, 0.2) is 76.8 Å². The molecule has 3 aromatic rings. The molecule has 1 aromatic heterocycles. The zero-order valence-electron chi connectivity index (χ0n) is 15.1. The summed E-state index contributed by atoms with van der Waals surface area (Å²) < 4.78 is 2.17. The van der Waals surface area contributed by atoms with Gasteiger partial charge in [0.1, 0.15) is 5.69 Å². The van der Waals surface area contributed by atoms with Crippen molar-refractivity contribution in [1.82, 2.24) is 4.57 Å². The van der Waals surface area contributed by atoms with Crippen LogP contribution >= 0.6 is 23.4 Å². The van der Waals surface area contributed by atoms with Gasteiger partial charge in [-0.2, -0.15) is 0 Å².